The molecule has 0 radical (unpaired) electrons. The quantitative estimate of drug-likeness (QED) is 0.576. The first-order chi connectivity index (χ1) is 7.70. The van der Waals surface area contributed by atoms with Crippen molar-refractivity contribution in [1.29, 1.82) is 0 Å². The summed E-state index contributed by atoms with van der Waals surface area (Å²) in [5.74, 6) is 1.01. The van der Waals surface area contributed by atoms with E-state index in [9.17, 15) is 0 Å². The second-order valence-electron chi connectivity index (χ2n) is 4.52. The summed E-state index contributed by atoms with van der Waals surface area (Å²) >= 11 is 0. The Labute approximate surface area is 105 Å². The van der Waals surface area contributed by atoms with Crippen molar-refractivity contribution < 1.29 is 0 Å². The molecule has 0 aromatic heterocycles. The molecular formula is C15H35N. The summed E-state index contributed by atoms with van der Waals surface area (Å²) in [4.78, 5) is 2.44. The summed E-state index contributed by atoms with van der Waals surface area (Å²) < 4.78 is 0. The Kier molecular flexibility index (Phi) is 11.6. The summed E-state index contributed by atoms with van der Waals surface area (Å²) in [5.41, 5.74) is 0.786. The lowest BCUT2D eigenvalue weighted by molar-refractivity contribution is 0.0258. The third-order valence-electron chi connectivity index (χ3n) is 3.16. The van der Waals surface area contributed by atoms with Gasteiger partial charge in [-0.25, -0.2) is 0 Å². The minimum atomic E-state index is 0.786. The number of nitrogens with zero attached hydrogens (tertiary/aromatic N) is 1. The third kappa shape index (κ3) is 5.34. The Bertz CT molecular complexity index is 131. The van der Waals surface area contributed by atoms with Crippen molar-refractivity contribution in [2.24, 2.45) is 11.3 Å². The predicted molar refractivity (Wildman–Crippen MR) is 77.0 cm³/mol. The zero-order valence-corrected chi connectivity index (χ0v) is 13.1. The average molecular weight is 229 g/mol. The van der Waals surface area contributed by atoms with Gasteiger partial charge in [-0.05, 0) is 31.2 Å². The van der Waals surface area contributed by atoms with Crippen LogP contribution in [0.3, 0.4) is 0 Å². The molecule has 2 fully saturated rings. The average Bonchev–Trinajstić information content (AvgIpc) is 2.69. The molecule has 1 saturated carbocycles. The van der Waals surface area contributed by atoms with Crippen molar-refractivity contribution in [3.63, 3.8) is 0 Å². The molecule has 1 aliphatic heterocycles. The van der Waals surface area contributed by atoms with Gasteiger partial charge in [-0.15, -0.1) is 0 Å². The number of hydrogen-bond donors (Lipinski definition) is 0. The van der Waals surface area contributed by atoms with Gasteiger partial charge in [0.05, 0.1) is 0 Å². The summed E-state index contributed by atoms with van der Waals surface area (Å²) in [6.07, 6.45) is 4.48. The molecule has 1 nitrogen and oxygen atoms in total. The maximum absolute atomic E-state index is 2.44. The van der Waals surface area contributed by atoms with Crippen molar-refractivity contribution in [3.05, 3.63) is 0 Å². The normalized spacial score (nSPS) is 25.1. The molecule has 1 saturated heterocycles. The largest absolute Gasteiger partial charge is 0.305 e. The molecule has 1 spiro atoms. The molecular weight excluding hydrogens is 194 g/mol. The topological polar surface area (TPSA) is 3.24 Å². The molecule has 1 aliphatic carbocycles. The first-order valence-electron chi connectivity index (χ1n) is 7.39. The highest BCUT2D eigenvalue weighted by atomic mass is 15.2. The monoisotopic (exact) mass is 229 g/mol. The van der Waals surface area contributed by atoms with E-state index in [0.29, 0.717) is 0 Å². The van der Waals surface area contributed by atoms with Crippen LogP contribution in [0.1, 0.15) is 67.7 Å². The molecule has 2 aliphatic rings. The highest BCUT2D eigenvalue weighted by molar-refractivity contribution is 4.98. The first-order valence-corrected chi connectivity index (χ1v) is 7.39. The van der Waals surface area contributed by atoms with Crippen LogP contribution in [0, 0.1) is 11.3 Å². The van der Waals surface area contributed by atoms with E-state index in [4.69, 9.17) is 0 Å². The van der Waals surface area contributed by atoms with Crippen molar-refractivity contribution in [2.45, 2.75) is 67.7 Å². The summed E-state index contributed by atoms with van der Waals surface area (Å²) in [6.45, 7) is 17.1. The smallest absolute Gasteiger partial charge is 0.00475 e. The van der Waals surface area contributed by atoms with Gasteiger partial charge in [-0.1, -0.05) is 54.9 Å². The van der Waals surface area contributed by atoms with Crippen LogP contribution in [0.2, 0.25) is 0 Å². The number of hydrogen-bond acceptors (Lipinski definition) is 1. The van der Waals surface area contributed by atoms with E-state index in [-0.39, 0.29) is 0 Å². The van der Waals surface area contributed by atoms with E-state index >= 15 is 0 Å². The van der Waals surface area contributed by atoms with Gasteiger partial charge in [0, 0.05) is 13.1 Å². The second kappa shape index (κ2) is 10.1. The van der Waals surface area contributed by atoms with E-state index in [1.54, 1.807) is 0 Å². The Morgan fingerprint density at radius 1 is 0.938 bits per heavy atom. The lowest BCUT2D eigenvalue weighted by Gasteiger charge is -2.46. The molecule has 16 heavy (non-hydrogen) atoms. The Balaban J connectivity index is 0. The lowest BCUT2D eigenvalue weighted by Crippen LogP contribution is -2.52. The van der Waals surface area contributed by atoms with Gasteiger partial charge in [0.1, 0.15) is 0 Å². The Morgan fingerprint density at radius 3 is 1.62 bits per heavy atom. The molecule has 0 amide bonds. The van der Waals surface area contributed by atoms with Crippen molar-refractivity contribution in [1.82, 2.24) is 4.90 Å². The molecule has 0 bridgehead atoms. The maximum Gasteiger partial charge on any atom is 0.00475 e. The summed E-state index contributed by atoms with van der Waals surface area (Å²) in [5, 5.41) is 0. The maximum atomic E-state index is 2.44. The van der Waals surface area contributed by atoms with E-state index in [1.807, 2.05) is 41.5 Å². The van der Waals surface area contributed by atoms with Crippen LogP contribution in [0.15, 0.2) is 0 Å². The standard InChI is InChI=1S/C9H17N.3C2H6/c1-8-3-4-9(5-8)6-10(2)7-9;3*1-2/h8H,3-7H2,1-2H3;3*1-2H3. The zero-order chi connectivity index (χ0) is 13.2. The lowest BCUT2D eigenvalue weighted by atomic mass is 9.78. The first kappa shape index (κ1) is 18.3. The molecule has 2 rings (SSSR count). The zero-order valence-electron chi connectivity index (χ0n) is 13.1. The SMILES string of the molecule is CC.CC.CC.CC1CCC2(C1)CN(C)C2. The Hall–Kier alpha value is -0.0400. The van der Waals surface area contributed by atoms with Crippen LogP contribution in [0.4, 0.5) is 0 Å². The fourth-order valence-corrected chi connectivity index (χ4v) is 2.88. The van der Waals surface area contributed by atoms with E-state index in [2.05, 4.69) is 18.9 Å². The molecule has 1 heteroatoms. The summed E-state index contributed by atoms with van der Waals surface area (Å²) in [6, 6.07) is 0. The molecule has 1 heterocycles. The second-order valence-corrected chi connectivity index (χ2v) is 4.52. The molecule has 1 atom stereocenters. The van der Waals surface area contributed by atoms with Gasteiger partial charge in [-0.3, -0.25) is 0 Å². The van der Waals surface area contributed by atoms with Crippen molar-refractivity contribution >= 4 is 0 Å². The van der Waals surface area contributed by atoms with Crippen molar-refractivity contribution in [2.75, 3.05) is 20.1 Å². The summed E-state index contributed by atoms with van der Waals surface area (Å²) in [7, 11) is 2.23. The van der Waals surface area contributed by atoms with Crippen LogP contribution >= 0.6 is 0 Å². The molecule has 0 N–H and O–H groups in total. The Morgan fingerprint density at radius 2 is 1.38 bits per heavy atom. The van der Waals surface area contributed by atoms with Gasteiger partial charge in [0.2, 0.25) is 0 Å². The number of rotatable bonds is 0. The highest BCUT2D eigenvalue weighted by Gasteiger charge is 2.45. The van der Waals surface area contributed by atoms with Gasteiger partial charge < -0.3 is 4.90 Å². The minimum absolute atomic E-state index is 0.786. The van der Waals surface area contributed by atoms with Crippen LogP contribution in [0.5, 0.6) is 0 Å². The molecule has 100 valence electrons. The van der Waals surface area contributed by atoms with Gasteiger partial charge in [0.25, 0.3) is 0 Å². The predicted octanol–water partition coefficient (Wildman–Crippen LogP) is 4.82. The van der Waals surface area contributed by atoms with Crippen molar-refractivity contribution in [3.8, 4) is 0 Å². The van der Waals surface area contributed by atoms with E-state index in [0.717, 1.165) is 11.3 Å². The molecule has 0 aromatic rings. The van der Waals surface area contributed by atoms with Crippen LogP contribution in [-0.2, 0) is 0 Å². The fourth-order valence-electron chi connectivity index (χ4n) is 2.88. The van der Waals surface area contributed by atoms with Gasteiger partial charge >= 0.3 is 0 Å². The molecule has 1 unspecified atom stereocenters. The minimum Gasteiger partial charge on any atom is -0.305 e. The fraction of sp³-hybridized carbons (Fsp3) is 1.00. The van der Waals surface area contributed by atoms with Crippen LogP contribution in [0.25, 0.3) is 0 Å². The highest BCUT2D eigenvalue weighted by Crippen LogP contribution is 2.47. The van der Waals surface area contributed by atoms with Crippen LogP contribution in [-0.4, -0.2) is 25.0 Å². The van der Waals surface area contributed by atoms with E-state index < -0.39 is 0 Å². The van der Waals surface area contributed by atoms with Crippen LogP contribution < -0.4 is 0 Å². The van der Waals surface area contributed by atoms with Gasteiger partial charge in [0.15, 0.2) is 0 Å². The van der Waals surface area contributed by atoms with E-state index in [1.165, 1.54) is 32.4 Å². The third-order valence-corrected chi connectivity index (χ3v) is 3.16. The molecule has 0 aromatic carbocycles. The van der Waals surface area contributed by atoms with Gasteiger partial charge in [-0.2, -0.15) is 0 Å². The number of likely N-dealkylation sites (tertiary alicyclic amines) is 1.